The van der Waals surface area contributed by atoms with E-state index >= 15 is 0 Å². The lowest BCUT2D eigenvalue weighted by Gasteiger charge is -2.06. The molecule has 7 nitrogen and oxygen atoms in total. The van der Waals surface area contributed by atoms with Gasteiger partial charge in [0.05, 0.1) is 30.9 Å². The number of hydrogen-bond donors (Lipinski definition) is 2. The van der Waals surface area contributed by atoms with Gasteiger partial charge in [-0.2, -0.15) is 13.2 Å². The van der Waals surface area contributed by atoms with E-state index < -0.39 is 24.5 Å². The normalized spacial score (nSPS) is 12.7. The largest absolute Gasteiger partial charge is 0.439 e. The number of aliphatic hydroxyl groups excluding tert-OH is 2. The fourth-order valence-electron chi connectivity index (χ4n) is 2.60. The van der Waals surface area contributed by atoms with Gasteiger partial charge in [-0.3, -0.25) is 14.8 Å². The second-order valence-electron chi connectivity index (χ2n) is 6.57. The number of halogens is 3. The van der Waals surface area contributed by atoms with Crippen molar-refractivity contribution in [3.8, 4) is 11.5 Å². The molecule has 30 heavy (non-hydrogen) atoms. The molecule has 0 amide bonds. The van der Waals surface area contributed by atoms with Crippen molar-refractivity contribution in [2.45, 2.75) is 31.5 Å². The third-order valence-corrected chi connectivity index (χ3v) is 4.28. The average molecular weight is 421 g/mol. The van der Waals surface area contributed by atoms with Crippen molar-refractivity contribution in [2.24, 2.45) is 0 Å². The Hall–Kier alpha value is -3.11. The first-order chi connectivity index (χ1) is 14.3. The Kier molecular flexibility index (Phi) is 6.58. The first kappa shape index (κ1) is 21.6. The van der Waals surface area contributed by atoms with Crippen molar-refractivity contribution >= 4 is 5.78 Å². The van der Waals surface area contributed by atoms with Gasteiger partial charge in [-0.05, 0) is 30.2 Å². The van der Waals surface area contributed by atoms with Gasteiger partial charge < -0.3 is 14.6 Å². The fourth-order valence-corrected chi connectivity index (χ4v) is 2.60. The van der Waals surface area contributed by atoms with Gasteiger partial charge in [0.15, 0.2) is 17.4 Å². The van der Waals surface area contributed by atoms with Crippen LogP contribution in [0.1, 0.15) is 40.3 Å². The van der Waals surface area contributed by atoms with Crippen LogP contribution in [0.2, 0.25) is 0 Å². The molecular formula is C20H18F3N3O4. The Labute approximate surface area is 169 Å². The molecular weight excluding hydrogens is 403 g/mol. The number of pyridine rings is 2. The predicted octanol–water partition coefficient (Wildman–Crippen LogP) is 3.06. The molecule has 0 aromatic carbocycles. The Balaban J connectivity index is 1.62. The third kappa shape index (κ3) is 5.49. The number of rotatable bonds is 8. The van der Waals surface area contributed by atoms with E-state index in [1.54, 1.807) is 12.1 Å². The van der Waals surface area contributed by atoms with E-state index in [9.17, 15) is 23.1 Å². The highest BCUT2D eigenvalue weighted by Crippen LogP contribution is 2.30. The van der Waals surface area contributed by atoms with Crippen LogP contribution >= 0.6 is 0 Å². The zero-order valence-electron chi connectivity index (χ0n) is 15.6. The molecule has 158 valence electrons. The number of oxazole rings is 1. The summed E-state index contributed by atoms with van der Waals surface area (Å²) >= 11 is 0. The van der Waals surface area contributed by atoms with Crippen molar-refractivity contribution < 1.29 is 32.6 Å². The molecule has 1 atom stereocenters. The number of aromatic nitrogens is 3. The van der Waals surface area contributed by atoms with Crippen molar-refractivity contribution in [3.63, 3.8) is 0 Å². The highest BCUT2D eigenvalue weighted by atomic mass is 19.4. The lowest BCUT2D eigenvalue weighted by molar-refractivity contribution is -0.137. The van der Waals surface area contributed by atoms with Crippen LogP contribution in [0.15, 0.2) is 47.3 Å². The van der Waals surface area contributed by atoms with Crippen LogP contribution in [-0.2, 0) is 12.6 Å². The Morgan fingerprint density at radius 1 is 1.07 bits per heavy atom. The first-order valence-corrected chi connectivity index (χ1v) is 9.01. The number of nitrogens with zero attached hydrogens (tertiary/aromatic N) is 3. The van der Waals surface area contributed by atoms with E-state index in [1.807, 2.05) is 0 Å². The van der Waals surface area contributed by atoms with Gasteiger partial charge in [-0.25, -0.2) is 4.98 Å². The summed E-state index contributed by atoms with van der Waals surface area (Å²) in [6.45, 7) is -0.403. The fraction of sp³-hybridized carbons (Fsp3) is 0.300. The Morgan fingerprint density at radius 3 is 2.47 bits per heavy atom. The van der Waals surface area contributed by atoms with E-state index in [0.717, 1.165) is 17.8 Å². The quantitative estimate of drug-likeness (QED) is 0.538. The minimum absolute atomic E-state index is 0.0668. The van der Waals surface area contributed by atoms with Gasteiger partial charge in [0.2, 0.25) is 0 Å². The van der Waals surface area contributed by atoms with E-state index in [-0.39, 0.29) is 42.2 Å². The van der Waals surface area contributed by atoms with Gasteiger partial charge in [0, 0.05) is 18.8 Å². The maximum atomic E-state index is 12.6. The van der Waals surface area contributed by atoms with Gasteiger partial charge in [-0.15, -0.1) is 0 Å². The van der Waals surface area contributed by atoms with Gasteiger partial charge in [0.25, 0.3) is 0 Å². The summed E-state index contributed by atoms with van der Waals surface area (Å²) in [4.78, 5) is 24.0. The summed E-state index contributed by atoms with van der Waals surface area (Å²) < 4.78 is 43.4. The highest BCUT2D eigenvalue weighted by Gasteiger charge is 2.30. The van der Waals surface area contributed by atoms with Crippen molar-refractivity contribution in [1.82, 2.24) is 15.0 Å². The SMILES string of the molecule is O=C(CC[C@@H](O)CO)c1ccc(Cc2ncc(-c3ccc(C(F)(F)F)cn3)o2)cn1. The molecule has 10 heteroatoms. The molecule has 3 heterocycles. The predicted molar refractivity (Wildman–Crippen MR) is 98.4 cm³/mol. The maximum absolute atomic E-state index is 12.6. The molecule has 0 spiro atoms. The molecule has 0 unspecified atom stereocenters. The summed E-state index contributed by atoms with van der Waals surface area (Å²) in [6, 6.07) is 5.36. The number of carbonyl (C=O) groups is 1. The molecule has 0 fully saturated rings. The molecule has 0 aliphatic rings. The molecule has 3 rings (SSSR count). The molecule has 2 N–H and O–H groups in total. The molecule has 0 bridgehead atoms. The molecule has 0 radical (unpaired) electrons. The second-order valence-corrected chi connectivity index (χ2v) is 6.57. The average Bonchev–Trinajstić information content (AvgIpc) is 3.20. The van der Waals surface area contributed by atoms with E-state index in [2.05, 4.69) is 15.0 Å². The second kappa shape index (κ2) is 9.14. The van der Waals surface area contributed by atoms with Crippen LogP contribution in [0.25, 0.3) is 11.5 Å². The molecule has 0 saturated carbocycles. The highest BCUT2D eigenvalue weighted by molar-refractivity contribution is 5.94. The van der Waals surface area contributed by atoms with Crippen LogP contribution in [0.4, 0.5) is 13.2 Å². The molecule has 3 aromatic rings. The topological polar surface area (TPSA) is 109 Å². The minimum Gasteiger partial charge on any atom is -0.439 e. The van der Waals surface area contributed by atoms with E-state index in [4.69, 9.17) is 9.52 Å². The van der Waals surface area contributed by atoms with Crippen LogP contribution in [0.3, 0.4) is 0 Å². The maximum Gasteiger partial charge on any atom is 0.417 e. The van der Waals surface area contributed by atoms with Crippen LogP contribution in [0.5, 0.6) is 0 Å². The van der Waals surface area contributed by atoms with Crippen molar-refractivity contribution in [3.05, 3.63) is 65.6 Å². The summed E-state index contributed by atoms with van der Waals surface area (Å²) in [6.07, 6.45) is -1.31. The summed E-state index contributed by atoms with van der Waals surface area (Å²) in [5.74, 6) is 0.306. The molecule has 0 aliphatic carbocycles. The molecule has 3 aromatic heterocycles. The third-order valence-electron chi connectivity index (χ3n) is 4.28. The number of ketones is 1. The zero-order valence-corrected chi connectivity index (χ0v) is 15.6. The standard InChI is InChI=1S/C20H18F3N3O4/c21-20(22,23)13-2-5-16(25-9-13)18-10-26-19(30-18)7-12-1-4-15(24-8-12)17(29)6-3-14(28)11-27/h1-2,4-5,8-10,14,27-28H,3,6-7,11H2/t14-/m1/s1. The number of hydrogen-bond acceptors (Lipinski definition) is 7. The Morgan fingerprint density at radius 2 is 1.87 bits per heavy atom. The summed E-state index contributed by atoms with van der Waals surface area (Å²) in [7, 11) is 0. The lowest BCUT2D eigenvalue weighted by atomic mass is 10.1. The van der Waals surface area contributed by atoms with Crippen molar-refractivity contribution in [1.29, 1.82) is 0 Å². The number of Topliss-reactive ketones (excluding diaryl/α,β-unsaturated/α-hetero) is 1. The minimum atomic E-state index is -4.46. The molecule has 0 aliphatic heterocycles. The van der Waals surface area contributed by atoms with Crippen molar-refractivity contribution in [2.75, 3.05) is 6.61 Å². The number of aliphatic hydroxyl groups is 2. The van der Waals surface area contributed by atoms with Crippen LogP contribution < -0.4 is 0 Å². The monoisotopic (exact) mass is 421 g/mol. The first-order valence-electron chi connectivity index (χ1n) is 9.01. The van der Waals surface area contributed by atoms with Crippen LogP contribution in [0, 0.1) is 0 Å². The number of carbonyl (C=O) groups excluding carboxylic acids is 1. The zero-order chi connectivity index (χ0) is 21.7. The lowest BCUT2D eigenvalue weighted by Crippen LogP contribution is -2.14. The van der Waals surface area contributed by atoms with E-state index in [0.29, 0.717) is 5.89 Å². The van der Waals surface area contributed by atoms with E-state index in [1.165, 1.54) is 18.5 Å². The van der Waals surface area contributed by atoms with Gasteiger partial charge in [-0.1, -0.05) is 6.07 Å². The van der Waals surface area contributed by atoms with Crippen LogP contribution in [-0.4, -0.2) is 43.7 Å². The Bertz CT molecular complexity index is 986. The summed E-state index contributed by atoms with van der Waals surface area (Å²) in [5.41, 5.74) is 0.338. The smallest absolute Gasteiger partial charge is 0.417 e. The number of alkyl halides is 3. The van der Waals surface area contributed by atoms with Gasteiger partial charge >= 0.3 is 6.18 Å². The summed E-state index contributed by atoms with van der Waals surface area (Å²) in [5, 5.41) is 18.1. The molecule has 0 saturated heterocycles. The van der Waals surface area contributed by atoms with Gasteiger partial charge in [0.1, 0.15) is 11.4 Å².